The molecule has 0 aliphatic heterocycles. The third kappa shape index (κ3) is 4.14. The maximum absolute atomic E-state index is 11.9. The van der Waals surface area contributed by atoms with Crippen LogP contribution in [-0.4, -0.2) is 18.9 Å². The lowest BCUT2D eigenvalue weighted by Crippen LogP contribution is -2.17. The van der Waals surface area contributed by atoms with Crippen molar-refractivity contribution in [1.29, 1.82) is 0 Å². The summed E-state index contributed by atoms with van der Waals surface area (Å²) in [5.74, 6) is -1.19. The Hall–Kier alpha value is -1.43. The molecular formula is C10H8ClF3O3. The van der Waals surface area contributed by atoms with Gasteiger partial charge in [0.25, 0.3) is 0 Å². The minimum Gasteiger partial charge on any atom is -0.462 e. The summed E-state index contributed by atoms with van der Waals surface area (Å²) < 4.78 is 44.0. The second-order valence-corrected chi connectivity index (χ2v) is 3.32. The Kier molecular flexibility index (Phi) is 4.22. The highest BCUT2D eigenvalue weighted by Crippen LogP contribution is 2.27. The van der Waals surface area contributed by atoms with Crippen LogP contribution in [0.4, 0.5) is 13.2 Å². The van der Waals surface area contributed by atoms with E-state index in [1.807, 2.05) is 0 Å². The lowest BCUT2D eigenvalue weighted by molar-refractivity contribution is -0.274. The SMILES string of the molecule is CCOC(=O)c1ccc(OC(F)(F)F)cc1Cl. The molecule has 0 N–H and O–H groups in total. The van der Waals surface area contributed by atoms with Crippen molar-refractivity contribution in [2.24, 2.45) is 0 Å². The number of alkyl halides is 3. The maximum atomic E-state index is 11.9. The smallest absolute Gasteiger partial charge is 0.462 e. The molecule has 0 fully saturated rings. The van der Waals surface area contributed by atoms with E-state index in [1.165, 1.54) is 0 Å². The highest BCUT2D eigenvalue weighted by molar-refractivity contribution is 6.33. The van der Waals surface area contributed by atoms with Crippen molar-refractivity contribution >= 4 is 17.6 Å². The van der Waals surface area contributed by atoms with E-state index in [4.69, 9.17) is 11.6 Å². The fourth-order valence-corrected chi connectivity index (χ4v) is 1.32. The normalized spacial score (nSPS) is 11.1. The fraction of sp³-hybridized carbons (Fsp3) is 0.300. The Morgan fingerprint density at radius 2 is 2.06 bits per heavy atom. The Morgan fingerprint density at radius 1 is 1.41 bits per heavy atom. The van der Waals surface area contributed by atoms with Crippen molar-refractivity contribution in [3.8, 4) is 5.75 Å². The van der Waals surface area contributed by atoms with Crippen molar-refractivity contribution in [1.82, 2.24) is 0 Å². The van der Waals surface area contributed by atoms with Gasteiger partial charge in [-0.2, -0.15) is 0 Å². The molecule has 7 heteroatoms. The van der Waals surface area contributed by atoms with E-state index in [0.717, 1.165) is 18.2 Å². The summed E-state index contributed by atoms with van der Waals surface area (Å²) in [6.07, 6.45) is -4.80. The highest BCUT2D eigenvalue weighted by atomic mass is 35.5. The van der Waals surface area contributed by atoms with E-state index >= 15 is 0 Å². The van der Waals surface area contributed by atoms with Gasteiger partial charge in [-0.3, -0.25) is 0 Å². The molecule has 1 aromatic carbocycles. The molecule has 0 aromatic heterocycles. The van der Waals surface area contributed by atoms with Crippen LogP contribution >= 0.6 is 11.6 Å². The van der Waals surface area contributed by atoms with Gasteiger partial charge in [0.1, 0.15) is 5.75 Å². The van der Waals surface area contributed by atoms with Crippen LogP contribution in [-0.2, 0) is 4.74 Å². The topological polar surface area (TPSA) is 35.5 Å². The van der Waals surface area contributed by atoms with E-state index < -0.39 is 18.1 Å². The summed E-state index contributed by atoms with van der Waals surface area (Å²) in [7, 11) is 0. The van der Waals surface area contributed by atoms with Gasteiger partial charge in [-0.15, -0.1) is 13.2 Å². The van der Waals surface area contributed by atoms with E-state index in [1.54, 1.807) is 6.92 Å². The van der Waals surface area contributed by atoms with E-state index in [9.17, 15) is 18.0 Å². The zero-order valence-electron chi connectivity index (χ0n) is 8.68. The van der Waals surface area contributed by atoms with Gasteiger partial charge in [-0.05, 0) is 25.1 Å². The van der Waals surface area contributed by atoms with Crippen LogP contribution in [0.15, 0.2) is 18.2 Å². The van der Waals surface area contributed by atoms with Crippen molar-refractivity contribution < 1.29 is 27.4 Å². The number of rotatable bonds is 3. The van der Waals surface area contributed by atoms with Gasteiger partial charge in [0.05, 0.1) is 17.2 Å². The molecule has 0 heterocycles. The molecule has 0 radical (unpaired) electrons. The van der Waals surface area contributed by atoms with Gasteiger partial charge in [-0.25, -0.2) is 4.79 Å². The largest absolute Gasteiger partial charge is 0.573 e. The first-order chi connectivity index (χ1) is 7.83. The standard InChI is InChI=1S/C10H8ClF3O3/c1-2-16-9(15)7-4-3-6(5-8(7)11)17-10(12,13)14/h3-5H,2H2,1H3. The summed E-state index contributed by atoms with van der Waals surface area (Å²) in [5.41, 5.74) is -0.0111. The number of carbonyl (C=O) groups excluding carboxylic acids is 1. The summed E-state index contributed by atoms with van der Waals surface area (Å²) in [6, 6.07) is 3.01. The molecule has 94 valence electrons. The Morgan fingerprint density at radius 3 is 2.53 bits per heavy atom. The molecular weight excluding hydrogens is 261 g/mol. The zero-order chi connectivity index (χ0) is 13.1. The lowest BCUT2D eigenvalue weighted by Gasteiger charge is -2.10. The summed E-state index contributed by atoms with van der Waals surface area (Å²) in [5, 5.41) is -0.162. The predicted octanol–water partition coefficient (Wildman–Crippen LogP) is 3.42. The predicted molar refractivity (Wildman–Crippen MR) is 54.1 cm³/mol. The van der Waals surface area contributed by atoms with Gasteiger partial charge >= 0.3 is 12.3 Å². The van der Waals surface area contributed by atoms with Crippen LogP contribution in [0.3, 0.4) is 0 Å². The Balaban J connectivity index is 2.90. The lowest BCUT2D eigenvalue weighted by atomic mass is 10.2. The van der Waals surface area contributed by atoms with Crippen molar-refractivity contribution in [3.63, 3.8) is 0 Å². The van der Waals surface area contributed by atoms with Crippen molar-refractivity contribution in [3.05, 3.63) is 28.8 Å². The van der Waals surface area contributed by atoms with Crippen molar-refractivity contribution in [2.45, 2.75) is 13.3 Å². The van der Waals surface area contributed by atoms with Crippen molar-refractivity contribution in [2.75, 3.05) is 6.61 Å². The molecule has 3 nitrogen and oxygen atoms in total. The van der Waals surface area contributed by atoms with E-state index in [-0.39, 0.29) is 17.2 Å². The first-order valence-corrected chi connectivity index (χ1v) is 4.93. The van der Waals surface area contributed by atoms with Gasteiger partial charge in [0, 0.05) is 0 Å². The van der Waals surface area contributed by atoms with Crippen LogP contribution < -0.4 is 4.74 Å². The second kappa shape index (κ2) is 5.27. The number of benzene rings is 1. The molecule has 0 aliphatic rings. The van der Waals surface area contributed by atoms with Crippen LogP contribution in [0.5, 0.6) is 5.75 Å². The minimum atomic E-state index is -4.80. The minimum absolute atomic E-state index is 0.0111. The first-order valence-electron chi connectivity index (χ1n) is 4.56. The molecule has 0 aliphatic carbocycles. The monoisotopic (exact) mass is 268 g/mol. The molecule has 0 bridgehead atoms. The maximum Gasteiger partial charge on any atom is 0.573 e. The average molecular weight is 269 g/mol. The zero-order valence-corrected chi connectivity index (χ0v) is 9.43. The molecule has 0 unspecified atom stereocenters. The van der Waals surface area contributed by atoms with Crippen LogP contribution in [0.1, 0.15) is 17.3 Å². The van der Waals surface area contributed by atoms with Crippen LogP contribution in [0, 0.1) is 0 Å². The van der Waals surface area contributed by atoms with Crippen LogP contribution in [0.25, 0.3) is 0 Å². The van der Waals surface area contributed by atoms with E-state index in [2.05, 4.69) is 9.47 Å². The van der Waals surface area contributed by atoms with Gasteiger partial charge in [0.2, 0.25) is 0 Å². The Labute approximate surface area is 100 Å². The summed E-state index contributed by atoms with van der Waals surface area (Å²) in [4.78, 5) is 11.3. The third-order valence-electron chi connectivity index (χ3n) is 1.67. The number of esters is 1. The van der Waals surface area contributed by atoms with E-state index in [0.29, 0.717) is 0 Å². The molecule has 0 spiro atoms. The molecule has 0 amide bonds. The highest BCUT2D eigenvalue weighted by Gasteiger charge is 2.31. The summed E-state index contributed by atoms with van der Waals surface area (Å²) >= 11 is 5.64. The Bertz CT molecular complexity index is 418. The number of carbonyl (C=O) groups is 1. The van der Waals surface area contributed by atoms with Crippen LogP contribution in [0.2, 0.25) is 5.02 Å². The molecule has 0 saturated carbocycles. The third-order valence-corrected chi connectivity index (χ3v) is 1.98. The number of halogens is 4. The van der Waals surface area contributed by atoms with Gasteiger partial charge in [0.15, 0.2) is 0 Å². The molecule has 0 saturated heterocycles. The fourth-order valence-electron chi connectivity index (χ4n) is 1.07. The molecule has 0 atom stereocenters. The molecule has 1 rings (SSSR count). The summed E-state index contributed by atoms with van der Waals surface area (Å²) in [6.45, 7) is 1.75. The van der Waals surface area contributed by atoms with Gasteiger partial charge in [-0.1, -0.05) is 11.6 Å². The first kappa shape index (κ1) is 13.6. The number of ether oxygens (including phenoxy) is 2. The number of hydrogen-bond donors (Lipinski definition) is 0. The quantitative estimate of drug-likeness (QED) is 0.788. The van der Waals surface area contributed by atoms with Gasteiger partial charge < -0.3 is 9.47 Å². The average Bonchev–Trinajstić information content (AvgIpc) is 2.15. The second-order valence-electron chi connectivity index (χ2n) is 2.91. The molecule has 17 heavy (non-hydrogen) atoms. The number of hydrogen-bond acceptors (Lipinski definition) is 3. The molecule has 1 aromatic rings.